The molecular weight excluding hydrogens is 1440 g/mol. The van der Waals surface area contributed by atoms with E-state index < -0.39 is 36.1 Å². The third-order valence-corrected chi connectivity index (χ3v) is 16.6. The average Bonchev–Trinajstić information content (AvgIpc) is 1.59. The number of carbonyl (C=O) groups excluding carboxylic acids is 4. The molecule has 0 fully saturated rings. The SMILES string of the molecule is BCc1cc(C)c(OC(C)=O)c(OCc2cn(CCOCCOCC(COCC(COCCOCCn3cc(COc4cc(CB)cc(C)c4OC(C)=O)nn3)OCCOCCn3cc(COc4cc(CB)cc(C)c4OC(C)=O)nn3)OCCOCCn3cc(COc4cc(CB)cc(C)c4OC(C)=O)nn3)nn2)c1. The summed E-state index contributed by atoms with van der Waals surface area (Å²) in [6, 6.07) is 15.3. The van der Waals surface area contributed by atoms with Crippen LogP contribution in [0, 0.1) is 27.7 Å². The zero-order chi connectivity index (χ0) is 79.3. The molecule has 0 bridgehead atoms. The predicted molar refractivity (Wildman–Crippen MR) is 412 cm³/mol. The lowest BCUT2D eigenvalue weighted by Gasteiger charge is -2.22. The van der Waals surface area contributed by atoms with Crippen LogP contribution in [0.3, 0.4) is 0 Å². The molecule has 33 nitrogen and oxygen atoms in total. The lowest BCUT2D eigenvalue weighted by molar-refractivity contribution is -0.133. The Balaban J connectivity index is 0.823. The van der Waals surface area contributed by atoms with Gasteiger partial charge in [-0.2, -0.15) is 0 Å². The summed E-state index contributed by atoms with van der Waals surface area (Å²) in [5.74, 6) is 1.53. The largest absolute Gasteiger partial charge is 0.483 e. The van der Waals surface area contributed by atoms with Crippen LogP contribution in [0.2, 0.25) is 0 Å². The molecule has 4 aromatic heterocycles. The van der Waals surface area contributed by atoms with E-state index in [2.05, 4.69) is 41.2 Å². The molecule has 0 radical (unpaired) electrons. The fourth-order valence-corrected chi connectivity index (χ4v) is 11.1. The maximum atomic E-state index is 11.9. The number of hydrogen-bond donors (Lipinski definition) is 0. The van der Waals surface area contributed by atoms with E-state index in [1.54, 1.807) is 43.5 Å². The summed E-state index contributed by atoms with van der Waals surface area (Å²) in [6.07, 6.45) is 9.14. The third kappa shape index (κ3) is 30.6. The van der Waals surface area contributed by atoms with Crippen molar-refractivity contribution in [2.45, 2.75) is 145 Å². The van der Waals surface area contributed by atoms with Gasteiger partial charge in [-0.25, -0.2) is 18.7 Å². The minimum atomic E-state index is -0.531. The van der Waals surface area contributed by atoms with Gasteiger partial charge in [0, 0.05) is 27.7 Å². The van der Waals surface area contributed by atoms with Crippen LogP contribution in [-0.2, 0) is 140 Å². The molecule has 0 saturated carbocycles. The monoisotopic (exact) mass is 1540 g/mol. The zero-order valence-electron chi connectivity index (χ0n) is 65.8. The normalized spacial score (nSPS) is 11.9. The second kappa shape index (κ2) is 46.9. The first kappa shape index (κ1) is 87.0. The molecule has 8 rings (SSSR count). The van der Waals surface area contributed by atoms with Gasteiger partial charge < -0.3 is 80.5 Å². The zero-order valence-corrected chi connectivity index (χ0v) is 65.8. The van der Waals surface area contributed by atoms with Crippen LogP contribution in [-0.4, -0.2) is 233 Å². The number of nitrogens with zero attached hydrogens (tertiary/aromatic N) is 12. The second-order valence-corrected chi connectivity index (χ2v) is 25.9. The van der Waals surface area contributed by atoms with Gasteiger partial charge in [0.25, 0.3) is 0 Å². The van der Waals surface area contributed by atoms with E-state index in [-0.39, 0.29) is 106 Å². The van der Waals surface area contributed by atoms with Crippen molar-refractivity contribution in [2.75, 3.05) is 106 Å². The van der Waals surface area contributed by atoms with Crippen molar-refractivity contribution in [1.82, 2.24) is 60.0 Å². The van der Waals surface area contributed by atoms with Gasteiger partial charge in [-0.15, -0.1) is 20.4 Å². The van der Waals surface area contributed by atoms with Crippen molar-refractivity contribution in [3.8, 4) is 46.0 Å². The molecule has 2 atom stereocenters. The number of esters is 4. The lowest BCUT2D eigenvalue weighted by Crippen LogP contribution is -2.32. The molecule has 0 aliphatic carbocycles. The van der Waals surface area contributed by atoms with Crippen LogP contribution in [0.1, 0.15) is 95.0 Å². The Morgan fingerprint density at radius 1 is 0.324 bits per heavy atom. The fourth-order valence-electron chi connectivity index (χ4n) is 11.1. The minimum absolute atomic E-state index is 0.105. The highest BCUT2D eigenvalue weighted by molar-refractivity contribution is 6.09. The summed E-state index contributed by atoms with van der Waals surface area (Å²) in [7, 11) is 8.16. The second-order valence-electron chi connectivity index (χ2n) is 25.9. The molecule has 0 amide bonds. The van der Waals surface area contributed by atoms with Crippen LogP contribution in [0.25, 0.3) is 0 Å². The number of benzene rings is 4. The summed E-state index contributed by atoms with van der Waals surface area (Å²) in [5, 5.41) is 34.0. The van der Waals surface area contributed by atoms with Crippen molar-refractivity contribution < 1.29 is 99.7 Å². The van der Waals surface area contributed by atoms with E-state index in [1.165, 1.54) is 27.7 Å². The Morgan fingerprint density at radius 2 is 0.559 bits per heavy atom. The van der Waals surface area contributed by atoms with Crippen molar-refractivity contribution in [2.24, 2.45) is 0 Å². The van der Waals surface area contributed by atoms with E-state index in [9.17, 15) is 19.2 Å². The molecule has 0 spiro atoms. The molecule has 2 unspecified atom stereocenters. The molecule has 4 aromatic carbocycles. The van der Waals surface area contributed by atoms with Crippen molar-refractivity contribution in [1.29, 1.82) is 0 Å². The molecular formula is C74H102B4N12O21. The van der Waals surface area contributed by atoms with Gasteiger partial charge >= 0.3 is 23.9 Å². The van der Waals surface area contributed by atoms with Crippen LogP contribution in [0.4, 0.5) is 0 Å². The van der Waals surface area contributed by atoms with Gasteiger partial charge in [-0.05, 0) is 74.2 Å². The highest BCUT2D eigenvalue weighted by atomic mass is 16.6. The maximum Gasteiger partial charge on any atom is 0.308 e. The lowest BCUT2D eigenvalue weighted by atomic mass is 9.95. The molecule has 0 aliphatic rings. The Labute approximate surface area is 650 Å². The quantitative estimate of drug-likeness (QED) is 0.0229. The van der Waals surface area contributed by atoms with Crippen molar-refractivity contribution >= 4 is 55.3 Å². The Kier molecular flexibility index (Phi) is 36.8. The smallest absolute Gasteiger partial charge is 0.308 e. The van der Waals surface area contributed by atoms with E-state index >= 15 is 0 Å². The van der Waals surface area contributed by atoms with Crippen molar-refractivity contribution in [3.05, 3.63) is 141 Å². The van der Waals surface area contributed by atoms with E-state index in [1.807, 2.05) is 108 Å². The predicted octanol–water partition coefficient (Wildman–Crippen LogP) is 2.82. The minimum Gasteiger partial charge on any atom is -0.483 e. The van der Waals surface area contributed by atoms with E-state index in [4.69, 9.17) is 80.5 Å². The molecule has 111 heavy (non-hydrogen) atoms. The number of hydrogen-bond acceptors (Lipinski definition) is 29. The first-order valence-corrected chi connectivity index (χ1v) is 37.4. The average molecular weight is 1540 g/mol. The van der Waals surface area contributed by atoms with Gasteiger partial charge in [0.15, 0.2) is 46.0 Å². The summed E-state index contributed by atoms with van der Waals surface area (Å²) in [4.78, 5) is 47.6. The molecule has 4 heterocycles. The number of rotatable bonds is 54. The highest BCUT2D eigenvalue weighted by Crippen LogP contribution is 2.37. The van der Waals surface area contributed by atoms with Crippen LogP contribution >= 0.6 is 0 Å². The van der Waals surface area contributed by atoms with Crippen LogP contribution in [0.5, 0.6) is 46.0 Å². The van der Waals surface area contributed by atoms with Gasteiger partial charge in [-0.1, -0.05) is 92.7 Å². The topological polar surface area (TPSA) is 348 Å². The fraction of sp³-hybridized carbons (Fsp3) is 0.514. The Bertz CT molecular complexity index is 3960. The molecule has 596 valence electrons. The van der Waals surface area contributed by atoms with Crippen LogP contribution < -0.4 is 37.9 Å². The molecule has 8 aromatic rings. The number of ether oxygens (including phenoxy) is 17. The summed E-state index contributed by atoms with van der Waals surface area (Å²) < 4.78 is 108. The Hall–Kier alpha value is -9.58. The third-order valence-electron chi connectivity index (χ3n) is 16.6. The molecule has 37 heteroatoms. The Morgan fingerprint density at radius 3 is 0.802 bits per heavy atom. The number of aromatic nitrogens is 12. The van der Waals surface area contributed by atoms with Gasteiger partial charge in [0.1, 0.15) is 92.8 Å². The van der Waals surface area contributed by atoms with Gasteiger partial charge in [-0.3, -0.25) is 19.2 Å². The summed E-state index contributed by atoms with van der Waals surface area (Å²) >= 11 is 0. The van der Waals surface area contributed by atoms with Gasteiger partial charge in [0.2, 0.25) is 0 Å². The standard InChI is InChI=1S/C74H102B4N12O21/c1-49-25-57(33-75)29-67(71(49)108-53(5)91)104-41-61-37-87(83-79-61)9-13-95-17-19-99-45-65(102-23-21-97-15-11-89-39-63(81-85-89)43-106-69-31-59(35-77)27-51(3)73(69)110-55(7)93)47-101-48-66(103-24-22-98-16-12-90-40-64(82-86-90)44-107-70-32-60(36-78)28-52(4)74(70)111-56(8)94)46-100-20-18-96-14-10-88-38-62(80-84-88)42-105-68-30-58(34-76)26-50(2)72(68)109-54(6)92/h25-32,37-40,65-66H,9-24,33-36,41-48,75-78H2,1-8H3. The molecule has 0 aliphatic heterocycles. The first-order valence-electron chi connectivity index (χ1n) is 37.4. The highest BCUT2D eigenvalue weighted by Gasteiger charge is 2.21. The summed E-state index contributed by atoms with van der Waals surface area (Å²) in [5.41, 5.74) is 9.67. The van der Waals surface area contributed by atoms with Crippen molar-refractivity contribution in [3.63, 3.8) is 0 Å². The number of carbonyl (C=O) groups is 4. The van der Waals surface area contributed by atoms with E-state index in [0.29, 0.717) is 121 Å². The van der Waals surface area contributed by atoms with Gasteiger partial charge in [0.05, 0.1) is 157 Å². The van der Waals surface area contributed by atoms with Crippen LogP contribution in [0.15, 0.2) is 73.3 Å². The molecule has 0 saturated heterocycles. The number of aryl methyl sites for hydroxylation is 4. The maximum absolute atomic E-state index is 11.9. The molecule has 0 N–H and O–H groups in total. The van der Waals surface area contributed by atoms with E-state index in [0.717, 1.165) is 69.8 Å². The first-order chi connectivity index (χ1) is 53.7. The summed E-state index contributed by atoms with van der Waals surface area (Å²) in [6.45, 7) is 18.8.